The Hall–Kier alpha value is -2.06. The first kappa shape index (κ1) is 25.9. The van der Waals surface area contributed by atoms with Gasteiger partial charge < -0.3 is 16.0 Å². The highest BCUT2D eigenvalue weighted by atomic mass is 32.3. The van der Waals surface area contributed by atoms with Crippen molar-refractivity contribution in [2.75, 3.05) is 36.2 Å². The third-order valence-electron chi connectivity index (χ3n) is 3.18. The standard InChI is InChI=1S/C13H19N5O3S2.C3H4.C2H6/c14-13(22-9-23(15,20)21)17-12(19)10-1-3-11(4-2-10)18-7-5-16-6-8-18;1-3-2;1-2/h1-4,16H,5-9H2,(H2,14,17,19)(H2,15,20,21);1H,2H3;1-2H3. The van der Waals surface area contributed by atoms with Crippen molar-refractivity contribution in [2.24, 2.45) is 15.9 Å². The van der Waals surface area contributed by atoms with Gasteiger partial charge in [-0.15, -0.1) is 12.3 Å². The molecule has 0 bridgehead atoms. The van der Waals surface area contributed by atoms with Gasteiger partial charge in [0.15, 0.2) is 5.17 Å². The number of nitrogens with zero attached hydrogens (tertiary/aromatic N) is 2. The molecule has 0 saturated carbocycles. The number of primary sulfonamides is 1. The summed E-state index contributed by atoms with van der Waals surface area (Å²) in [5.41, 5.74) is 6.96. The molecule has 10 heteroatoms. The molecule has 0 aliphatic carbocycles. The molecule has 1 aliphatic rings. The molecule has 28 heavy (non-hydrogen) atoms. The van der Waals surface area contributed by atoms with E-state index in [0.29, 0.717) is 17.3 Å². The average molecular weight is 428 g/mol. The zero-order valence-electron chi connectivity index (χ0n) is 16.5. The molecule has 0 radical (unpaired) electrons. The van der Waals surface area contributed by atoms with E-state index in [4.69, 9.17) is 10.9 Å². The van der Waals surface area contributed by atoms with Crippen molar-refractivity contribution in [2.45, 2.75) is 20.8 Å². The summed E-state index contributed by atoms with van der Waals surface area (Å²) in [5.74, 6) is 1.73. The van der Waals surface area contributed by atoms with Gasteiger partial charge >= 0.3 is 0 Å². The first-order chi connectivity index (χ1) is 13.3. The fourth-order valence-electron chi connectivity index (χ4n) is 2.08. The van der Waals surface area contributed by atoms with Crippen LogP contribution in [0.25, 0.3) is 0 Å². The summed E-state index contributed by atoms with van der Waals surface area (Å²) in [5, 5.41) is 7.59. The number of amidine groups is 1. The number of amides is 1. The lowest BCUT2D eigenvalue weighted by atomic mass is 10.2. The second-order valence-corrected chi connectivity index (χ2v) is 8.23. The molecule has 156 valence electrons. The molecule has 0 aromatic heterocycles. The van der Waals surface area contributed by atoms with Crippen molar-refractivity contribution >= 4 is 38.5 Å². The lowest BCUT2D eigenvalue weighted by molar-refractivity contribution is 0.100. The Labute approximate surface area is 172 Å². The van der Waals surface area contributed by atoms with Crippen LogP contribution in [0, 0.1) is 12.3 Å². The molecule has 8 nitrogen and oxygen atoms in total. The van der Waals surface area contributed by atoms with Gasteiger partial charge in [0.05, 0.1) is 0 Å². The van der Waals surface area contributed by atoms with Crippen LogP contribution in [0.4, 0.5) is 5.69 Å². The van der Waals surface area contributed by atoms with Gasteiger partial charge in [0.2, 0.25) is 10.0 Å². The minimum atomic E-state index is -3.66. The Morgan fingerprint density at radius 2 is 1.79 bits per heavy atom. The number of benzene rings is 1. The second kappa shape index (κ2) is 14.0. The van der Waals surface area contributed by atoms with Gasteiger partial charge in [-0.2, -0.15) is 4.99 Å². The highest BCUT2D eigenvalue weighted by molar-refractivity contribution is 8.21. The van der Waals surface area contributed by atoms with Crippen molar-refractivity contribution in [3.8, 4) is 12.3 Å². The molecule has 2 rings (SSSR count). The number of sulfonamides is 1. The van der Waals surface area contributed by atoms with Crippen molar-refractivity contribution < 1.29 is 13.2 Å². The van der Waals surface area contributed by atoms with Gasteiger partial charge in [-0.25, -0.2) is 13.6 Å². The fraction of sp³-hybridized carbons (Fsp3) is 0.444. The topological polar surface area (TPSA) is 131 Å². The van der Waals surface area contributed by atoms with Crippen LogP contribution >= 0.6 is 11.8 Å². The number of anilines is 1. The molecule has 0 atom stereocenters. The Morgan fingerprint density at radius 3 is 2.25 bits per heavy atom. The fourth-order valence-corrected chi connectivity index (χ4v) is 3.36. The molecule has 1 aliphatic heterocycles. The molecule has 5 N–H and O–H groups in total. The Morgan fingerprint density at radius 1 is 1.29 bits per heavy atom. The molecule has 1 amide bonds. The number of rotatable bonds is 4. The van der Waals surface area contributed by atoms with Crippen LogP contribution in [0.2, 0.25) is 0 Å². The Bertz CT molecular complexity index is 765. The summed E-state index contributed by atoms with van der Waals surface area (Å²) < 4.78 is 21.7. The quantitative estimate of drug-likeness (QED) is 0.374. The molecule has 1 aromatic carbocycles. The number of hydrogen-bond donors (Lipinski definition) is 3. The largest absolute Gasteiger partial charge is 0.378 e. The first-order valence-corrected chi connectivity index (χ1v) is 11.4. The summed E-state index contributed by atoms with van der Waals surface area (Å²) in [6, 6.07) is 7.09. The van der Waals surface area contributed by atoms with Gasteiger partial charge in [-0.1, -0.05) is 25.6 Å². The maximum Gasteiger partial charge on any atom is 0.279 e. The van der Waals surface area contributed by atoms with Crippen molar-refractivity contribution in [1.29, 1.82) is 0 Å². The van der Waals surface area contributed by atoms with Gasteiger partial charge in [0.1, 0.15) is 5.08 Å². The summed E-state index contributed by atoms with van der Waals surface area (Å²) in [4.78, 5) is 17.9. The lowest BCUT2D eigenvalue weighted by Gasteiger charge is -2.29. The van der Waals surface area contributed by atoms with Crippen LogP contribution in [0.15, 0.2) is 29.3 Å². The van der Waals surface area contributed by atoms with Crippen LogP contribution in [0.5, 0.6) is 0 Å². The number of terminal acetylenes is 1. The van der Waals surface area contributed by atoms with Gasteiger partial charge in [0.25, 0.3) is 5.91 Å². The number of aliphatic imine (C=N–C) groups is 1. The summed E-state index contributed by atoms with van der Waals surface area (Å²) in [6.45, 7) is 9.36. The Balaban J connectivity index is 0.00000133. The second-order valence-electron chi connectivity index (χ2n) is 5.25. The minimum absolute atomic E-state index is 0.129. The first-order valence-electron chi connectivity index (χ1n) is 8.71. The predicted molar refractivity (Wildman–Crippen MR) is 119 cm³/mol. The molecule has 1 aromatic rings. The Kier molecular flexibility index (Phi) is 13.0. The van der Waals surface area contributed by atoms with E-state index >= 15 is 0 Å². The number of carbonyl (C=O) groups excluding carboxylic acids is 1. The molecular weight excluding hydrogens is 398 g/mol. The van der Waals surface area contributed by atoms with Crippen LogP contribution in [0.1, 0.15) is 31.1 Å². The zero-order valence-corrected chi connectivity index (χ0v) is 18.1. The van der Waals surface area contributed by atoms with Crippen LogP contribution < -0.4 is 21.1 Å². The highest BCUT2D eigenvalue weighted by Gasteiger charge is 2.12. The summed E-state index contributed by atoms with van der Waals surface area (Å²) >= 11 is 0.711. The normalized spacial score (nSPS) is 14.0. The van der Waals surface area contributed by atoms with E-state index in [1.165, 1.54) is 0 Å². The SMILES string of the molecule is C#CC.CC.NC(=NC(=O)c1ccc(N2CCNCC2)cc1)SCS(N)(=O)=O. The highest BCUT2D eigenvalue weighted by Crippen LogP contribution is 2.16. The molecular formula is C18H29N5O3S2. The zero-order chi connectivity index (χ0) is 21.6. The van der Waals surface area contributed by atoms with Crippen LogP contribution in [-0.2, 0) is 10.0 Å². The maximum absolute atomic E-state index is 12.0. The van der Waals surface area contributed by atoms with E-state index in [-0.39, 0.29) is 5.17 Å². The van der Waals surface area contributed by atoms with E-state index in [1.54, 1.807) is 19.1 Å². The number of nitrogens with one attached hydrogen (secondary N) is 1. The number of hydrogen-bond acceptors (Lipinski definition) is 6. The monoisotopic (exact) mass is 427 g/mol. The van der Waals surface area contributed by atoms with E-state index in [0.717, 1.165) is 31.9 Å². The molecule has 0 unspecified atom stereocenters. The van der Waals surface area contributed by atoms with Crippen LogP contribution in [0.3, 0.4) is 0 Å². The summed E-state index contributed by atoms with van der Waals surface area (Å²) in [7, 11) is -3.66. The van der Waals surface area contributed by atoms with E-state index in [2.05, 4.69) is 27.6 Å². The van der Waals surface area contributed by atoms with Gasteiger partial charge in [0, 0.05) is 37.4 Å². The third-order valence-corrected chi connectivity index (χ3v) is 5.35. The molecule has 1 heterocycles. The van der Waals surface area contributed by atoms with Crippen molar-refractivity contribution in [3.05, 3.63) is 29.8 Å². The van der Waals surface area contributed by atoms with Crippen molar-refractivity contribution in [1.82, 2.24) is 5.32 Å². The predicted octanol–water partition coefficient (Wildman–Crippen LogP) is 1.20. The number of carbonyl (C=O) groups is 1. The summed E-state index contributed by atoms with van der Waals surface area (Å²) in [6.07, 6.45) is 4.60. The van der Waals surface area contributed by atoms with E-state index in [1.807, 2.05) is 26.0 Å². The molecule has 0 spiro atoms. The van der Waals surface area contributed by atoms with E-state index < -0.39 is 21.0 Å². The number of piperazine rings is 1. The van der Waals surface area contributed by atoms with Gasteiger partial charge in [-0.3, -0.25) is 4.79 Å². The smallest absolute Gasteiger partial charge is 0.279 e. The number of nitrogens with two attached hydrogens (primary N) is 2. The lowest BCUT2D eigenvalue weighted by Crippen LogP contribution is -2.43. The average Bonchev–Trinajstić information content (AvgIpc) is 2.69. The number of thioether (sulfide) groups is 1. The molecule has 1 saturated heterocycles. The minimum Gasteiger partial charge on any atom is -0.378 e. The van der Waals surface area contributed by atoms with Crippen LogP contribution in [-0.4, -0.2) is 50.8 Å². The van der Waals surface area contributed by atoms with Crippen molar-refractivity contribution in [3.63, 3.8) is 0 Å². The molecule has 1 fully saturated rings. The van der Waals surface area contributed by atoms with Gasteiger partial charge in [-0.05, 0) is 31.2 Å². The third kappa shape index (κ3) is 10.9. The van der Waals surface area contributed by atoms with E-state index in [9.17, 15) is 13.2 Å². The maximum atomic E-state index is 12.0.